The summed E-state index contributed by atoms with van der Waals surface area (Å²) in [5.41, 5.74) is -0.428. The van der Waals surface area contributed by atoms with Crippen LogP contribution in [-0.4, -0.2) is 54.9 Å². The van der Waals surface area contributed by atoms with Crippen LogP contribution in [0, 0.1) is 5.82 Å². The molecule has 5 rings (SSSR count). The average Bonchev–Trinajstić information content (AvgIpc) is 3.55. The number of rotatable bonds is 4. The van der Waals surface area contributed by atoms with Crippen molar-refractivity contribution in [2.24, 2.45) is 0 Å². The van der Waals surface area contributed by atoms with Crippen molar-refractivity contribution in [2.45, 2.75) is 25.1 Å². The van der Waals surface area contributed by atoms with E-state index in [1.54, 1.807) is 9.47 Å². The Morgan fingerprint density at radius 3 is 2.52 bits per heavy atom. The molecule has 2 aliphatic rings. The molecule has 3 aromatic rings. The number of benzene rings is 1. The zero-order valence-electron chi connectivity index (χ0n) is 17.4. The molecule has 0 unspecified atom stereocenters. The SMILES string of the molecule is COc1c(N2CCNCC2)c(F)cc2c(=O)c3c(O)c(C(=O)C(F)(F)F)sc3n(C3CC3)c12. The van der Waals surface area contributed by atoms with E-state index in [0.717, 1.165) is 6.07 Å². The van der Waals surface area contributed by atoms with Crippen molar-refractivity contribution < 1.29 is 32.2 Å². The van der Waals surface area contributed by atoms with E-state index in [2.05, 4.69) is 5.32 Å². The Morgan fingerprint density at radius 1 is 1.27 bits per heavy atom. The highest BCUT2D eigenvalue weighted by Crippen LogP contribution is 2.49. The topological polar surface area (TPSA) is 83.8 Å². The molecular formula is C21H19F4N3O4S. The number of Topliss-reactive ketones (excluding diaryl/α,β-unsaturated/α-hetero) is 1. The number of carbonyl (C=O) groups excluding carboxylic acids is 1. The summed E-state index contributed by atoms with van der Waals surface area (Å²) in [5, 5.41) is 13.1. The Bertz CT molecular complexity index is 1350. The van der Waals surface area contributed by atoms with Gasteiger partial charge in [-0.1, -0.05) is 0 Å². The number of ether oxygens (including phenoxy) is 1. The summed E-state index contributed by atoms with van der Waals surface area (Å²) in [6, 6.07) is 0.857. The predicted octanol–water partition coefficient (Wildman–Crippen LogP) is 3.56. The van der Waals surface area contributed by atoms with Gasteiger partial charge in [0, 0.05) is 32.2 Å². The minimum absolute atomic E-state index is 0.0382. The number of carbonyl (C=O) groups is 1. The standard InChI is InChI=1S/C21H19F4N3O4S/c1-32-17-13-10(8-11(22)14(17)27-6-4-26-5-7-27)15(29)12-16(30)18(19(31)21(23,24)25)33-20(12)28(13)9-2-3-9/h8-9,26,30H,2-7H2,1H3. The van der Waals surface area contributed by atoms with Crippen LogP contribution in [-0.2, 0) is 0 Å². The monoisotopic (exact) mass is 485 g/mol. The van der Waals surface area contributed by atoms with E-state index in [1.165, 1.54) is 7.11 Å². The summed E-state index contributed by atoms with van der Waals surface area (Å²) in [7, 11) is 1.34. The molecule has 2 N–H and O–H groups in total. The maximum Gasteiger partial charge on any atom is 0.455 e. The van der Waals surface area contributed by atoms with Crippen molar-refractivity contribution in [3.8, 4) is 11.5 Å². The summed E-state index contributed by atoms with van der Waals surface area (Å²) in [6.45, 7) is 2.24. The Kier molecular flexibility index (Phi) is 5.05. The summed E-state index contributed by atoms with van der Waals surface area (Å²) in [6.07, 6.45) is -3.86. The van der Waals surface area contributed by atoms with Gasteiger partial charge >= 0.3 is 6.18 Å². The van der Waals surface area contributed by atoms with Gasteiger partial charge in [-0.05, 0) is 18.9 Å². The van der Waals surface area contributed by atoms with Gasteiger partial charge in [0.25, 0.3) is 5.78 Å². The normalized spacial score (nSPS) is 17.2. The van der Waals surface area contributed by atoms with E-state index in [1.807, 2.05) is 0 Å². The van der Waals surface area contributed by atoms with Crippen LogP contribution in [0.1, 0.15) is 28.6 Å². The maximum atomic E-state index is 15.3. The van der Waals surface area contributed by atoms with Gasteiger partial charge in [0.05, 0.1) is 18.0 Å². The van der Waals surface area contributed by atoms with E-state index >= 15 is 4.39 Å². The van der Waals surface area contributed by atoms with Crippen molar-refractivity contribution in [2.75, 3.05) is 38.2 Å². The Balaban J connectivity index is 1.90. The van der Waals surface area contributed by atoms with Crippen LogP contribution in [0.3, 0.4) is 0 Å². The smallest absolute Gasteiger partial charge is 0.455 e. The number of alkyl halides is 3. The van der Waals surface area contributed by atoms with Gasteiger partial charge in [-0.25, -0.2) is 4.39 Å². The molecule has 0 atom stereocenters. The number of methoxy groups -OCH3 is 1. The molecule has 12 heteroatoms. The summed E-state index contributed by atoms with van der Waals surface area (Å²) in [4.78, 5) is 26.1. The van der Waals surface area contributed by atoms with E-state index in [9.17, 15) is 27.9 Å². The second-order valence-corrected chi connectivity index (χ2v) is 9.09. The summed E-state index contributed by atoms with van der Waals surface area (Å²) in [5.74, 6) is -3.86. The van der Waals surface area contributed by atoms with Crippen molar-refractivity contribution in [1.82, 2.24) is 9.88 Å². The highest BCUT2D eigenvalue weighted by atomic mass is 32.1. The number of fused-ring (bicyclic) bond motifs is 2. The molecule has 1 aliphatic carbocycles. The lowest BCUT2D eigenvalue weighted by Crippen LogP contribution is -2.44. The van der Waals surface area contributed by atoms with Gasteiger partial charge in [0.15, 0.2) is 17.3 Å². The number of anilines is 1. The lowest BCUT2D eigenvalue weighted by molar-refractivity contribution is -0.0883. The van der Waals surface area contributed by atoms with Crippen LogP contribution in [0.2, 0.25) is 0 Å². The number of ketones is 1. The van der Waals surface area contributed by atoms with Crippen molar-refractivity contribution >= 4 is 43.9 Å². The second-order valence-electron chi connectivity index (χ2n) is 8.09. The summed E-state index contributed by atoms with van der Waals surface area (Å²) >= 11 is 0.418. The van der Waals surface area contributed by atoms with Gasteiger partial charge in [-0.3, -0.25) is 9.59 Å². The zero-order chi connectivity index (χ0) is 23.7. The molecule has 0 amide bonds. The third-order valence-electron chi connectivity index (χ3n) is 5.99. The molecule has 1 aliphatic heterocycles. The van der Waals surface area contributed by atoms with Crippen LogP contribution < -0.4 is 20.4 Å². The lowest BCUT2D eigenvalue weighted by Gasteiger charge is -2.31. The molecule has 1 saturated carbocycles. The molecule has 2 aromatic heterocycles. The van der Waals surface area contributed by atoms with E-state index in [0.29, 0.717) is 50.4 Å². The van der Waals surface area contributed by atoms with Gasteiger partial charge in [0.2, 0.25) is 5.43 Å². The fraction of sp³-hybridized carbons (Fsp3) is 0.429. The van der Waals surface area contributed by atoms with Crippen LogP contribution >= 0.6 is 11.3 Å². The molecule has 0 spiro atoms. The first-order valence-corrected chi connectivity index (χ1v) is 11.1. The molecule has 1 saturated heterocycles. The number of pyridine rings is 1. The molecule has 3 heterocycles. The Morgan fingerprint density at radius 2 is 1.94 bits per heavy atom. The predicted molar refractivity (Wildman–Crippen MR) is 116 cm³/mol. The van der Waals surface area contributed by atoms with Gasteiger partial charge in [0.1, 0.15) is 20.8 Å². The van der Waals surface area contributed by atoms with E-state index in [-0.39, 0.29) is 33.2 Å². The van der Waals surface area contributed by atoms with Gasteiger partial charge in [-0.2, -0.15) is 13.2 Å². The molecule has 7 nitrogen and oxygen atoms in total. The minimum Gasteiger partial charge on any atom is -0.505 e. The fourth-order valence-electron chi connectivity index (χ4n) is 4.38. The molecule has 2 fully saturated rings. The molecule has 33 heavy (non-hydrogen) atoms. The zero-order valence-corrected chi connectivity index (χ0v) is 18.2. The third-order valence-corrected chi connectivity index (χ3v) is 7.17. The van der Waals surface area contributed by atoms with Crippen molar-refractivity contribution in [3.05, 3.63) is 27.0 Å². The highest BCUT2D eigenvalue weighted by Gasteiger charge is 2.43. The molecular weight excluding hydrogens is 466 g/mol. The number of hydrogen-bond donors (Lipinski definition) is 2. The molecule has 1 aromatic carbocycles. The maximum absolute atomic E-state index is 15.3. The number of thiophene rings is 1. The second kappa shape index (κ2) is 7.59. The molecule has 0 bridgehead atoms. The van der Waals surface area contributed by atoms with Crippen LogP contribution in [0.25, 0.3) is 21.1 Å². The first-order valence-electron chi connectivity index (χ1n) is 10.3. The largest absolute Gasteiger partial charge is 0.505 e. The third kappa shape index (κ3) is 3.34. The molecule has 0 radical (unpaired) electrons. The van der Waals surface area contributed by atoms with Gasteiger partial charge < -0.3 is 24.6 Å². The minimum atomic E-state index is -5.22. The fourth-order valence-corrected chi connectivity index (χ4v) is 5.61. The number of nitrogens with zero attached hydrogens (tertiary/aromatic N) is 2. The van der Waals surface area contributed by atoms with Crippen LogP contribution in [0.5, 0.6) is 11.5 Å². The average molecular weight is 485 g/mol. The number of piperazine rings is 1. The quantitative estimate of drug-likeness (QED) is 0.435. The number of aromatic nitrogens is 1. The van der Waals surface area contributed by atoms with Crippen molar-refractivity contribution in [1.29, 1.82) is 0 Å². The number of aromatic hydroxyl groups is 1. The van der Waals surface area contributed by atoms with Crippen LogP contribution in [0.15, 0.2) is 10.9 Å². The first kappa shape index (κ1) is 22.0. The molecule has 176 valence electrons. The summed E-state index contributed by atoms with van der Waals surface area (Å²) < 4.78 is 61.8. The lowest BCUT2D eigenvalue weighted by atomic mass is 10.1. The Hall–Kier alpha value is -2.86. The highest BCUT2D eigenvalue weighted by molar-refractivity contribution is 7.21. The van der Waals surface area contributed by atoms with Crippen molar-refractivity contribution in [3.63, 3.8) is 0 Å². The first-order chi connectivity index (χ1) is 15.6. The van der Waals surface area contributed by atoms with E-state index < -0.39 is 39.2 Å². The van der Waals surface area contributed by atoms with E-state index in [4.69, 9.17) is 4.74 Å². The van der Waals surface area contributed by atoms with Crippen LogP contribution in [0.4, 0.5) is 23.2 Å². The van der Waals surface area contributed by atoms with Gasteiger partial charge in [-0.15, -0.1) is 11.3 Å². The number of nitrogens with one attached hydrogen (secondary N) is 1. The number of hydrogen-bond acceptors (Lipinski definition) is 7. The number of halogens is 4. The Labute approximate surface area is 188 Å².